The van der Waals surface area contributed by atoms with Crippen molar-refractivity contribution in [3.8, 4) is 0 Å². The molecule has 0 radical (unpaired) electrons. The van der Waals surface area contributed by atoms with E-state index >= 15 is 0 Å². The number of benzene rings is 2. The molecule has 0 aliphatic rings. The predicted molar refractivity (Wildman–Crippen MR) is 103 cm³/mol. The van der Waals surface area contributed by atoms with Crippen molar-refractivity contribution in [2.45, 2.75) is 13.1 Å². The first kappa shape index (κ1) is 19.1. The van der Waals surface area contributed by atoms with Crippen molar-refractivity contribution >= 4 is 22.8 Å². The second-order valence-electron chi connectivity index (χ2n) is 6.22. The monoisotopic (exact) mass is 381 g/mol. The van der Waals surface area contributed by atoms with Crippen LogP contribution in [0.25, 0.3) is 10.9 Å². The van der Waals surface area contributed by atoms with E-state index in [0.29, 0.717) is 22.0 Å². The summed E-state index contributed by atoms with van der Waals surface area (Å²) in [6.45, 7) is -0.0493. The average Bonchev–Trinajstić information content (AvgIpc) is 2.73. The predicted octanol–water partition coefficient (Wildman–Crippen LogP) is 0.803. The molecule has 0 aliphatic carbocycles. The number of ether oxygens (including phenoxy) is 1. The molecule has 0 aliphatic heterocycles. The third-order valence-corrected chi connectivity index (χ3v) is 4.39. The summed E-state index contributed by atoms with van der Waals surface area (Å²) in [5, 5.41) is 3.08. The number of aromatic nitrogens is 2. The number of hydrogen-bond acceptors (Lipinski definition) is 5. The molecular formula is C20H19N3O5. The van der Waals surface area contributed by atoms with E-state index < -0.39 is 23.1 Å². The lowest BCUT2D eigenvalue weighted by Crippen LogP contribution is -2.41. The molecule has 2 aromatic carbocycles. The maximum absolute atomic E-state index is 12.5. The highest BCUT2D eigenvalue weighted by molar-refractivity contribution is 5.89. The molecular weight excluding hydrogens is 362 g/mol. The number of carbonyl (C=O) groups is 2. The second kappa shape index (κ2) is 7.91. The molecule has 0 unspecified atom stereocenters. The van der Waals surface area contributed by atoms with E-state index in [-0.39, 0.29) is 13.1 Å². The smallest absolute Gasteiger partial charge is 0.337 e. The van der Waals surface area contributed by atoms with Crippen molar-refractivity contribution in [3.05, 3.63) is 80.5 Å². The Labute approximate surface area is 160 Å². The Morgan fingerprint density at radius 3 is 2.57 bits per heavy atom. The second-order valence-corrected chi connectivity index (χ2v) is 6.22. The summed E-state index contributed by atoms with van der Waals surface area (Å²) in [6, 6.07) is 13.3. The lowest BCUT2D eigenvalue weighted by atomic mass is 10.1. The van der Waals surface area contributed by atoms with E-state index in [0.717, 1.165) is 4.57 Å². The Hall–Kier alpha value is -3.68. The summed E-state index contributed by atoms with van der Waals surface area (Å²) in [5.41, 5.74) is 0.533. The lowest BCUT2D eigenvalue weighted by Gasteiger charge is -2.12. The third kappa shape index (κ3) is 3.71. The van der Waals surface area contributed by atoms with E-state index in [1.54, 1.807) is 48.5 Å². The number of para-hydroxylation sites is 1. The van der Waals surface area contributed by atoms with Gasteiger partial charge in [-0.3, -0.25) is 18.7 Å². The van der Waals surface area contributed by atoms with Crippen LogP contribution >= 0.6 is 0 Å². The fraction of sp³-hybridized carbons (Fsp3) is 0.200. The summed E-state index contributed by atoms with van der Waals surface area (Å²) in [5.74, 6) is -0.856. The largest absolute Gasteiger partial charge is 0.465 e. The van der Waals surface area contributed by atoms with Gasteiger partial charge in [0.1, 0.15) is 6.54 Å². The van der Waals surface area contributed by atoms with E-state index in [2.05, 4.69) is 10.1 Å². The molecule has 0 saturated heterocycles. The van der Waals surface area contributed by atoms with Crippen LogP contribution < -0.4 is 16.6 Å². The molecule has 0 bridgehead atoms. The highest BCUT2D eigenvalue weighted by Gasteiger charge is 2.13. The molecule has 0 atom stereocenters. The fourth-order valence-electron chi connectivity index (χ4n) is 2.92. The van der Waals surface area contributed by atoms with Gasteiger partial charge in [0.15, 0.2) is 0 Å². The molecule has 1 amide bonds. The molecule has 1 aromatic heterocycles. The van der Waals surface area contributed by atoms with Gasteiger partial charge in [-0.1, -0.05) is 24.3 Å². The Morgan fingerprint density at radius 2 is 1.82 bits per heavy atom. The Kier molecular flexibility index (Phi) is 5.39. The van der Waals surface area contributed by atoms with E-state index in [9.17, 15) is 19.2 Å². The average molecular weight is 381 g/mol. The summed E-state index contributed by atoms with van der Waals surface area (Å²) in [7, 11) is 2.68. The van der Waals surface area contributed by atoms with Crippen LogP contribution in [-0.4, -0.2) is 28.1 Å². The van der Waals surface area contributed by atoms with Crippen LogP contribution in [0.1, 0.15) is 15.9 Å². The molecule has 8 heteroatoms. The molecule has 1 N–H and O–H groups in total. The molecule has 28 heavy (non-hydrogen) atoms. The Morgan fingerprint density at radius 1 is 1.07 bits per heavy atom. The SMILES string of the molecule is COC(=O)c1cccc(CNC(=O)Cn2c(=O)n(C)c(=O)c3ccccc32)c1. The van der Waals surface area contributed by atoms with E-state index in [1.807, 2.05) is 0 Å². The highest BCUT2D eigenvalue weighted by atomic mass is 16.5. The zero-order valence-electron chi connectivity index (χ0n) is 15.5. The standard InChI is InChI=1S/C20H19N3O5/c1-22-18(25)15-8-3-4-9-16(15)23(20(22)27)12-17(24)21-11-13-6-5-7-14(10-13)19(26)28-2/h3-10H,11-12H2,1-2H3,(H,21,24). The summed E-state index contributed by atoms with van der Waals surface area (Å²) < 4.78 is 6.92. The van der Waals surface area contributed by atoms with Gasteiger partial charge in [-0.2, -0.15) is 0 Å². The molecule has 3 aromatic rings. The van der Waals surface area contributed by atoms with Crippen LogP contribution in [0.5, 0.6) is 0 Å². The minimum atomic E-state index is -0.563. The van der Waals surface area contributed by atoms with Gasteiger partial charge in [-0.15, -0.1) is 0 Å². The topological polar surface area (TPSA) is 99.4 Å². The minimum absolute atomic E-state index is 0.183. The van der Waals surface area contributed by atoms with Crippen LogP contribution in [0.2, 0.25) is 0 Å². The van der Waals surface area contributed by atoms with Gasteiger partial charge in [-0.05, 0) is 29.8 Å². The van der Waals surface area contributed by atoms with Crippen LogP contribution in [0.3, 0.4) is 0 Å². The minimum Gasteiger partial charge on any atom is -0.465 e. The van der Waals surface area contributed by atoms with Crippen molar-refractivity contribution in [3.63, 3.8) is 0 Å². The number of nitrogens with one attached hydrogen (secondary N) is 1. The van der Waals surface area contributed by atoms with Gasteiger partial charge in [0, 0.05) is 13.6 Å². The highest BCUT2D eigenvalue weighted by Crippen LogP contribution is 2.08. The number of nitrogens with zero attached hydrogens (tertiary/aromatic N) is 2. The van der Waals surface area contributed by atoms with Crippen molar-refractivity contribution < 1.29 is 14.3 Å². The number of amides is 1. The Bertz CT molecular complexity index is 1180. The number of hydrogen-bond donors (Lipinski definition) is 1. The molecule has 0 spiro atoms. The first-order valence-electron chi connectivity index (χ1n) is 8.55. The zero-order valence-corrected chi connectivity index (χ0v) is 15.5. The first-order chi connectivity index (χ1) is 13.4. The zero-order chi connectivity index (χ0) is 20.3. The number of methoxy groups -OCH3 is 1. The van der Waals surface area contributed by atoms with Crippen LogP contribution in [0.4, 0.5) is 0 Å². The van der Waals surface area contributed by atoms with E-state index in [1.165, 1.54) is 18.7 Å². The normalized spacial score (nSPS) is 10.6. The quantitative estimate of drug-likeness (QED) is 0.659. The van der Waals surface area contributed by atoms with Gasteiger partial charge < -0.3 is 10.1 Å². The van der Waals surface area contributed by atoms with Gasteiger partial charge in [0.05, 0.1) is 23.6 Å². The maximum Gasteiger partial charge on any atom is 0.337 e. The van der Waals surface area contributed by atoms with Gasteiger partial charge >= 0.3 is 11.7 Å². The number of fused-ring (bicyclic) bond motifs is 1. The molecule has 144 valence electrons. The number of rotatable bonds is 5. The first-order valence-corrected chi connectivity index (χ1v) is 8.55. The summed E-state index contributed by atoms with van der Waals surface area (Å²) >= 11 is 0. The van der Waals surface area contributed by atoms with Crippen molar-refractivity contribution in [1.82, 2.24) is 14.5 Å². The number of carbonyl (C=O) groups excluding carboxylic acids is 2. The summed E-state index contributed by atoms with van der Waals surface area (Å²) in [6.07, 6.45) is 0. The molecule has 8 nitrogen and oxygen atoms in total. The van der Waals surface area contributed by atoms with Crippen molar-refractivity contribution in [2.75, 3.05) is 7.11 Å². The van der Waals surface area contributed by atoms with Crippen molar-refractivity contribution in [2.24, 2.45) is 7.05 Å². The van der Waals surface area contributed by atoms with E-state index in [4.69, 9.17) is 0 Å². The third-order valence-electron chi connectivity index (χ3n) is 4.39. The molecule has 0 fully saturated rings. The van der Waals surface area contributed by atoms with Gasteiger partial charge in [0.25, 0.3) is 5.56 Å². The van der Waals surface area contributed by atoms with Crippen LogP contribution in [0.15, 0.2) is 58.1 Å². The number of esters is 1. The van der Waals surface area contributed by atoms with Crippen molar-refractivity contribution in [1.29, 1.82) is 0 Å². The molecule has 3 rings (SSSR count). The van der Waals surface area contributed by atoms with Crippen LogP contribution in [0, 0.1) is 0 Å². The van der Waals surface area contributed by atoms with Gasteiger partial charge in [0.2, 0.25) is 5.91 Å². The fourth-order valence-corrected chi connectivity index (χ4v) is 2.92. The lowest BCUT2D eigenvalue weighted by molar-refractivity contribution is -0.121. The molecule has 0 saturated carbocycles. The Balaban J connectivity index is 1.81. The maximum atomic E-state index is 12.5. The molecule has 1 heterocycles. The summed E-state index contributed by atoms with van der Waals surface area (Å²) in [4.78, 5) is 48.7. The van der Waals surface area contributed by atoms with Crippen LogP contribution in [-0.2, 0) is 29.7 Å². The van der Waals surface area contributed by atoms with Gasteiger partial charge in [-0.25, -0.2) is 9.59 Å².